The average molecular weight is 686 g/mol. The van der Waals surface area contributed by atoms with E-state index in [1.54, 1.807) is 78.9 Å². The number of azide groups is 1. The zero-order chi connectivity index (χ0) is 34.7. The summed E-state index contributed by atoms with van der Waals surface area (Å²) in [6.45, 7) is 0.401. The van der Waals surface area contributed by atoms with Gasteiger partial charge in [-0.05, 0) is 77.2 Å². The van der Waals surface area contributed by atoms with Crippen LogP contribution in [0.4, 0.5) is 4.39 Å². The predicted octanol–water partition coefficient (Wildman–Crippen LogP) is 5.88. The Morgan fingerprint density at radius 3 is 2.53 bits per heavy atom. The summed E-state index contributed by atoms with van der Waals surface area (Å²) in [6.07, 6.45) is -0.567. The number of hydrogen-bond acceptors (Lipinski definition) is 8. The molecule has 49 heavy (non-hydrogen) atoms. The minimum absolute atomic E-state index is 0.00234. The molecule has 254 valence electrons. The number of aliphatic hydroxyl groups excluding tert-OH is 1. The standard InChI is InChI=1S/C36H36FN5O6S/c37-29-10-6-8-26(24-29)18-20-39-35(44)36(19-23-49(45,46)31-11-2-1-3-12-31)33(32-13-5-4-9-28(32)25-40-42-38)48-34(41-36)27-14-16-30(17-15-27)47-22-7-21-43/h1-6,8-17,24,33,43H,7,18-23,25H2,(H,39,44)/t33-,36-/m1/s1. The van der Waals surface area contributed by atoms with Crippen LogP contribution in [0.3, 0.4) is 0 Å². The molecule has 1 aliphatic heterocycles. The molecule has 0 aromatic heterocycles. The van der Waals surface area contributed by atoms with E-state index < -0.39 is 39.0 Å². The first-order chi connectivity index (χ1) is 23.8. The van der Waals surface area contributed by atoms with Crippen LogP contribution in [0, 0.1) is 5.82 Å². The summed E-state index contributed by atoms with van der Waals surface area (Å²) < 4.78 is 53.2. The van der Waals surface area contributed by atoms with Crippen molar-refractivity contribution in [3.63, 3.8) is 0 Å². The predicted molar refractivity (Wildman–Crippen MR) is 182 cm³/mol. The number of hydrogen-bond donors (Lipinski definition) is 2. The van der Waals surface area contributed by atoms with E-state index in [0.717, 1.165) is 0 Å². The first kappa shape index (κ1) is 35.1. The molecule has 1 aliphatic rings. The van der Waals surface area contributed by atoms with Crippen molar-refractivity contribution in [2.45, 2.75) is 42.3 Å². The number of amides is 1. The maximum Gasteiger partial charge on any atom is 0.252 e. The molecule has 0 saturated carbocycles. The molecule has 4 aromatic carbocycles. The van der Waals surface area contributed by atoms with Gasteiger partial charge in [0.15, 0.2) is 21.5 Å². The van der Waals surface area contributed by atoms with Gasteiger partial charge in [0.25, 0.3) is 5.91 Å². The largest absolute Gasteiger partial charge is 0.494 e. The quantitative estimate of drug-likeness (QED) is 0.0648. The van der Waals surface area contributed by atoms with Crippen molar-refractivity contribution in [2.24, 2.45) is 10.1 Å². The SMILES string of the molecule is [N-]=[N+]=NCc1ccccc1[C@H]1OC(c2ccc(OCCCO)cc2)=N[C@@]1(CCS(=O)(=O)c1ccccc1)C(=O)NCCc1cccc(F)c1. The van der Waals surface area contributed by atoms with E-state index in [2.05, 4.69) is 15.3 Å². The molecule has 0 radical (unpaired) electrons. The van der Waals surface area contributed by atoms with Crippen LogP contribution < -0.4 is 10.1 Å². The molecule has 11 nitrogen and oxygen atoms in total. The van der Waals surface area contributed by atoms with Gasteiger partial charge in [-0.25, -0.2) is 17.8 Å². The number of benzene rings is 4. The van der Waals surface area contributed by atoms with Gasteiger partial charge in [-0.1, -0.05) is 59.7 Å². The van der Waals surface area contributed by atoms with Crippen LogP contribution in [0.25, 0.3) is 10.4 Å². The van der Waals surface area contributed by atoms with Crippen LogP contribution >= 0.6 is 0 Å². The Hall–Kier alpha value is -5.23. The van der Waals surface area contributed by atoms with E-state index in [4.69, 9.17) is 25.1 Å². The minimum Gasteiger partial charge on any atom is -0.494 e. The number of carbonyl (C=O) groups is 1. The van der Waals surface area contributed by atoms with Crippen LogP contribution in [0.5, 0.6) is 5.75 Å². The summed E-state index contributed by atoms with van der Waals surface area (Å²) in [5, 5.41) is 15.7. The van der Waals surface area contributed by atoms with Gasteiger partial charge < -0.3 is 19.9 Å². The number of carbonyl (C=O) groups excluding carboxylic acids is 1. The van der Waals surface area contributed by atoms with E-state index in [1.807, 2.05) is 0 Å². The normalized spacial score (nSPS) is 17.0. The van der Waals surface area contributed by atoms with Gasteiger partial charge in [-0.2, -0.15) is 0 Å². The lowest BCUT2D eigenvalue weighted by atomic mass is 9.83. The number of aliphatic imine (C=N–C) groups is 1. The lowest BCUT2D eigenvalue weighted by molar-refractivity contribution is -0.129. The highest BCUT2D eigenvalue weighted by atomic mass is 32.2. The smallest absolute Gasteiger partial charge is 0.252 e. The Bertz CT molecular complexity index is 1940. The Kier molecular flexibility index (Phi) is 11.6. The second-order valence-corrected chi connectivity index (χ2v) is 13.5. The highest BCUT2D eigenvalue weighted by Gasteiger charge is 2.54. The highest BCUT2D eigenvalue weighted by molar-refractivity contribution is 7.91. The molecule has 0 bridgehead atoms. The number of rotatable bonds is 16. The van der Waals surface area contributed by atoms with E-state index in [1.165, 1.54) is 24.3 Å². The summed E-state index contributed by atoms with van der Waals surface area (Å²) in [7, 11) is -3.86. The van der Waals surface area contributed by atoms with Gasteiger partial charge in [-0.15, -0.1) is 0 Å². The maximum atomic E-state index is 14.5. The number of ether oxygens (including phenoxy) is 2. The van der Waals surface area contributed by atoms with Crippen LogP contribution in [-0.2, 0) is 32.3 Å². The Morgan fingerprint density at radius 2 is 1.80 bits per heavy atom. The molecule has 2 atom stereocenters. The van der Waals surface area contributed by atoms with Gasteiger partial charge >= 0.3 is 0 Å². The van der Waals surface area contributed by atoms with Gasteiger partial charge in [0.2, 0.25) is 5.90 Å². The van der Waals surface area contributed by atoms with Crippen molar-refractivity contribution in [3.05, 3.63) is 142 Å². The number of halogens is 1. The van der Waals surface area contributed by atoms with Gasteiger partial charge in [0.05, 0.1) is 23.8 Å². The fourth-order valence-electron chi connectivity index (χ4n) is 5.59. The molecule has 0 unspecified atom stereocenters. The molecule has 0 saturated heterocycles. The minimum atomic E-state index is -3.86. The van der Waals surface area contributed by atoms with Crippen molar-refractivity contribution in [3.8, 4) is 5.75 Å². The molecular weight excluding hydrogens is 649 g/mol. The van der Waals surface area contributed by atoms with E-state index in [9.17, 15) is 17.6 Å². The molecule has 2 N–H and O–H groups in total. The number of aliphatic hydroxyl groups is 1. The lowest BCUT2D eigenvalue weighted by Crippen LogP contribution is -2.50. The summed E-state index contributed by atoms with van der Waals surface area (Å²) in [5.41, 5.74) is 9.58. The third-order valence-electron chi connectivity index (χ3n) is 8.11. The average Bonchev–Trinajstić information content (AvgIpc) is 3.51. The van der Waals surface area contributed by atoms with E-state index >= 15 is 0 Å². The second kappa shape index (κ2) is 16.2. The molecule has 1 amide bonds. The van der Waals surface area contributed by atoms with Crippen molar-refractivity contribution in [2.75, 3.05) is 25.5 Å². The summed E-state index contributed by atoms with van der Waals surface area (Å²) in [4.78, 5) is 22.4. The fourth-order valence-corrected chi connectivity index (χ4v) is 6.98. The first-order valence-electron chi connectivity index (χ1n) is 15.8. The second-order valence-electron chi connectivity index (χ2n) is 11.4. The van der Waals surface area contributed by atoms with Crippen LogP contribution in [-0.4, -0.2) is 56.4 Å². The van der Waals surface area contributed by atoms with Crippen molar-refractivity contribution < 1.29 is 32.2 Å². The highest BCUT2D eigenvalue weighted by Crippen LogP contribution is 2.44. The van der Waals surface area contributed by atoms with Gasteiger partial charge in [0, 0.05) is 36.5 Å². The summed E-state index contributed by atoms with van der Waals surface area (Å²) >= 11 is 0. The monoisotopic (exact) mass is 685 g/mol. The van der Waals surface area contributed by atoms with Crippen LogP contribution in [0.15, 0.2) is 118 Å². The molecule has 0 spiro atoms. The summed E-state index contributed by atoms with van der Waals surface area (Å²) in [5.74, 6) is -0.729. The fraction of sp³-hybridized carbons (Fsp3) is 0.278. The molecule has 4 aromatic rings. The Balaban J connectivity index is 1.56. The molecule has 0 fully saturated rings. The molecule has 5 rings (SSSR count). The molecule has 13 heteroatoms. The first-order valence-corrected chi connectivity index (χ1v) is 17.4. The van der Waals surface area contributed by atoms with Crippen molar-refractivity contribution in [1.29, 1.82) is 0 Å². The zero-order valence-corrected chi connectivity index (χ0v) is 27.4. The van der Waals surface area contributed by atoms with Crippen molar-refractivity contribution >= 4 is 21.6 Å². The van der Waals surface area contributed by atoms with Crippen molar-refractivity contribution in [1.82, 2.24) is 5.32 Å². The topological polar surface area (TPSA) is 163 Å². The third-order valence-corrected chi connectivity index (χ3v) is 9.85. The number of nitrogens with zero attached hydrogens (tertiary/aromatic N) is 4. The van der Waals surface area contributed by atoms with E-state index in [0.29, 0.717) is 47.5 Å². The lowest BCUT2D eigenvalue weighted by Gasteiger charge is -2.31. The molecule has 0 aliphatic carbocycles. The van der Waals surface area contributed by atoms with Crippen LogP contribution in [0.1, 0.15) is 41.2 Å². The van der Waals surface area contributed by atoms with Crippen LogP contribution in [0.2, 0.25) is 0 Å². The maximum absolute atomic E-state index is 14.5. The zero-order valence-electron chi connectivity index (χ0n) is 26.6. The van der Waals surface area contributed by atoms with E-state index in [-0.39, 0.29) is 36.9 Å². The third kappa shape index (κ3) is 8.63. The summed E-state index contributed by atoms with van der Waals surface area (Å²) in [6, 6.07) is 27.9. The van der Waals surface area contributed by atoms with Gasteiger partial charge in [0.1, 0.15) is 11.6 Å². The molecular formula is C36H36FN5O6S. The Morgan fingerprint density at radius 1 is 1.04 bits per heavy atom. The van der Waals surface area contributed by atoms with Gasteiger partial charge in [-0.3, -0.25) is 4.79 Å². The Labute approximate surface area is 284 Å². The molecule has 1 heterocycles. The number of sulfone groups is 1. The number of nitrogens with one attached hydrogen (secondary N) is 1.